The first-order valence-electron chi connectivity index (χ1n) is 9.65. The van der Waals surface area contributed by atoms with Gasteiger partial charge in [0.05, 0.1) is 35.4 Å². The highest BCUT2D eigenvalue weighted by molar-refractivity contribution is 7.91. The molecule has 0 spiro atoms. The normalized spacial score (nSPS) is 17.5. The smallest absolute Gasteiger partial charge is 0.231 e. The number of carbonyl (C=O) groups excluding carboxylic acids is 1. The highest BCUT2D eigenvalue weighted by Gasteiger charge is 2.31. The Morgan fingerprint density at radius 2 is 2.13 bits per heavy atom. The van der Waals surface area contributed by atoms with Crippen molar-refractivity contribution in [2.45, 2.75) is 32.4 Å². The van der Waals surface area contributed by atoms with Gasteiger partial charge in [0.2, 0.25) is 5.91 Å². The predicted octanol–water partition coefficient (Wildman–Crippen LogP) is 3.42. The van der Waals surface area contributed by atoms with Crippen LogP contribution in [0.25, 0.3) is 0 Å². The monoisotopic (exact) mass is 480 g/mol. The second kappa shape index (κ2) is 8.97. The van der Waals surface area contributed by atoms with Crippen molar-refractivity contribution in [2.75, 3.05) is 16.8 Å². The van der Waals surface area contributed by atoms with E-state index in [4.69, 9.17) is 16.3 Å². The van der Waals surface area contributed by atoms with Crippen molar-refractivity contribution in [3.63, 3.8) is 0 Å². The molecule has 1 aliphatic heterocycles. The maximum Gasteiger partial charge on any atom is 0.231 e. The van der Waals surface area contributed by atoms with Crippen LogP contribution in [0.2, 0.25) is 5.02 Å². The molecule has 4 rings (SSSR count). The van der Waals surface area contributed by atoms with Gasteiger partial charge in [-0.1, -0.05) is 11.6 Å². The lowest BCUT2D eigenvalue weighted by Gasteiger charge is -2.13. The Kier molecular flexibility index (Phi) is 6.31. The van der Waals surface area contributed by atoms with Crippen LogP contribution in [0.4, 0.5) is 5.82 Å². The summed E-state index contributed by atoms with van der Waals surface area (Å²) >= 11 is 7.28. The number of rotatable bonds is 7. The first kappa shape index (κ1) is 21.8. The fourth-order valence-corrected chi connectivity index (χ4v) is 5.90. The molecule has 0 aliphatic carbocycles. The molecule has 11 heteroatoms. The standard InChI is InChI=1S/C20H21ClN4O4S2/c1-13-8-18(25(24-13)16-6-7-31(27,28)12-16)23-19(26)9-15-11-30-20(22-15)10-29-17-4-2-14(21)3-5-17/h2-5,8,11,16H,6-7,9-10,12H2,1H3,(H,23,26). The maximum absolute atomic E-state index is 12.6. The molecule has 1 saturated heterocycles. The molecule has 0 saturated carbocycles. The van der Waals surface area contributed by atoms with Crippen molar-refractivity contribution in [3.05, 3.63) is 57.1 Å². The Labute approximate surface area is 189 Å². The van der Waals surface area contributed by atoms with Crippen LogP contribution >= 0.6 is 22.9 Å². The van der Waals surface area contributed by atoms with Crippen LogP contribution in [0.15, 0.2) is 35.7 Å². The zero-order valence-corrected chi connectivity index (χ0v) is 19.1. The van der Waals surface area contributed by atoms with E-state index in [1.165, 1.54) is 11.3 Å². The summed E-state index contributed by atoms with van der Waals surface area (Å²) in [6, 6.07) is 8.56. The van der Waals surface area contributed by atoms with Gasteiger partial charge in [0.1, 0.15) is 23.2 Å². The van der Waals surface area contributed by atoms with Crippen LogP contribution in [0, 0.1) is 6.92 Å². The van der Waals surface area contributed by atoms with Gasteiger partial charge in [-0.25, -0.2) is 18.1 Å². The van der Waals surface area contributed by atoms with Gasteiger partial charge in [-0.3, -0.25) is 4.79 Å². The second-order valence-corrected chi connectivity index (χ2v) is 11.0. The third-order valence-corrected chi connectivity index (χ3v) is 7.67. The molecule has 164 valence electrons. The van der Waals surface area contributed by atoms with Gasteiger partial charge in [-0.15, -0.1) is 11.3 Å². The summed E-state index contributed by atoms with van der Waals surface area (Å²) in [7, 11) is -3.05. The number of carbonyl (C=O) groups is 1. The maximum atomic E-state index is 12.6. The van der Waals surface area contributed by atoms with Crippen LogP contribution in [0.3, 0.4) is 0 Å². The summed E-state index contributed by atoms with van der Waals surface area (Å²) in [5, 5.41) is 10.4. The summed E-state index contributed by atoms with van der Waals surface area (Å²) in [6.45, 7) is 2.11. The minimum Gasteiger partial charge on any atom is -0.486 e. The van der Waals surface area contributed by atoms with Gasteiger partial charge in [-0.2, -0.15) is 5.10 Å². The molecule has 1 aromatic carbocycles. The number of halogens is 1. The molecule has 0 radical (unpaired) electrons. The SMILES string of the molecule is Cc1cc(NC(=O)Cc2csc(COc3ccc(Cl)cc3)n2)n(C2CCS(=O)(=O)C2)n1. The molecule has 2 aromatic heterocycles. The number of hydrogen-bond donors (Lipinski definition) is 1. The summed E-state index contributed by atoms with van der Waals surface area (Å²) in [5.41, 5.74) is 1.36. The Bertz CT molecular complexity index is 1190. The minimum atomic E-state index is -3.05. The minimum absolute atomic E-state index is 0.0417. The Morgan fingerprint density at radius 3 is 2.84 bits per heavy atom. The first-order valence-corrected chi connectivity index (χ1v) is 12.7. The fourth-order valence-electron chi connectivity index (χ4n) is 3.38. The number of aromatic nitrogens is 3. The number of nitrogens with zero attached hydrogens (tertiary/aromatic N) is 3. The Hall–Kier alpha value is -2.43. The van der Waals surface area contributed by atoms with Gasteiger partial charge in [0, 0.05) is 16.5 Å². The Balaban J connectivity index is 1.35. The van der Waals surface area contributed by atoms with Gasteiger partial charge in [-0.05, 0) is 37.6 Å². The van der Waals surface area contributed by atoms with Gasteiger partial charge >= 0.3 is 0 Å². The molecule has 1 aliphatic rings. The fraction of sp³-hybridized carbons (Fsp3) is 0.350. The number of sulfone groups is 1. The number of thiazole rings is 1. The second-order valence-electron chi connectivity index (χ2n) is 7.37. The largest absolute Gasteiger partial charge is 0.486 e. The van der Waals surface area contributed by atoms with Crippen molar-refractivity contribution in [1.82, 2.24) is 14.8 Å². The van der Waals surface area contributed by atoms with E-state index in [1.807, 2.05) is 12.3 Å². The highest BCUT2D eigenvalue weighted by atomic mass is 35.5. The van der Waals surface area contributed by atoms with Gasteiger partial charge < -0.3 is 10.1 Å². The van der Waals surface area contributed by atoms with Crippen molar-refractivity contribution in [2.24, 2.45) is 0 Å². The molecule has 1 unspecified atom stereocenters. The zero-order chi connectivity index (χ0) is 22.0. The van der Waals surface area contributed by atoms with Crippen LogP contribution in [-0.2, 0) is 27.7 Å². The number of ether oxygens (including phenoxy) is 1. The van der Waals surface area contributed by atoms with Crippen LogP contribution < -0.4 is 10.1 Å². The van der Waals surface area contributed by atoms with E-state index in [0.29, 0.717) is 35.3 Å². The van der Waals surface area contributed by atoms with Crippen molar-refractivity contribution < 1.29 is 17.9 Å². The zero-order valence-electron chi connectivity index (χ0n) is 16.7. The number of amides is 1. The molecule has 1 fully saturated rings. The summed E-state index contributed by atoms with van der Waals surface area (Å²) in [5.74, 6) is 1.14. The third kappa shape index (κ3) is 5.63. The van der Waals surface area contributed by atoms with Crippen LogP contribution in [-0.4, -0.2) is 40.6 Å². The van der Waals surface area contributed by atoms with E-state index in [1.54, 1.807) is 35.0 Å². The molecule has 3 aromatic rings. The van der Waals surface area contributed by atoms with E-state index in [2.05, 4.69) is 15.4 Å². The van der Waals surface area contributed by atoms with E-state index in [9.17, 15) is 13.2 Å². The molecule has 1 atom stereocenters. The van der Waals surface area contributed by atoms with E-state index in [0.717, 1.165) is 10.7 Å². The molecule has 0 bridgehead atoms. The van der Waals surface area contributed by atoms with Gasteiger partial charge in [0.25, 0.3) is 0 Å². The number of hydrogen-bond acceptors (Lipinski definition) is 7. The van der Waals surface area contributed by atoms with Crippen LogP contribution in [0.1, 0.15) is 28.9 Å². The molecule has 31 heavy (non-hydrogen) atoms. The first-order chi connectivity index (χ1) is 14.8. The summed E-state index contributed by atoms with van der Waals surface area (Å²) in [4.78, 5) is 17.0. The molecule has 1 amide bonds. The number of aryl methyl sites for hydroxylation is 1. The average molecular weight is 481 g/mol. The Morgan fingerprint density at radius 1 is 1.35 bits per heavy atom. The van der Waals surface area contributed by atoms with Crippen molar-refractivity contribution in [1.29, 1.82) is 0 Å². The van der Waals surface area contributed by atoms with Gasteiger partial charge in [0.15, 0.2) is 9.84 Å². The number of benzene rings is 1. The molecule has 1 N–H and O–H groups in total. The predicted molar refractivity (Wildman–Crippen MR) is 120 cm³/mol. The quantitative estimate of drug-likeness (QED) is 0.555. The molecule has 3 heterocycles. The molecular formula is C20H21ClN4O4S2. The lowest BCUT2D eigenvalue weighted by atomic mass is 10.2. The number of anilines is 1. The highest BCUT2D eigenvalue weighted by Crippen LogP contribution is 2.27. The van der Waals surface area contributed by atoms with E-state index >= 15 is 0 Å². The molecular weight excluding hydrogens is 460 g/mol. The number of nitrogens with one attached hydrogen (secondary N) is 1. The molecule has 8 nitrogen and oxygen atoms in total. The average Bonchev–Trinajstić information content (AvgIpc) is 3.40. The lowest BCUT2D eigenvalue weighted by Crippen LogP contribution is -2.20. The summed E-state index contributed by atoms with van der Waals surface area (Å²) in [6.07, 6.45) is 0.597. The lowest BCUT2D eigenvalue weighted by molar-refractivity contribution is -0.115. The summed E-state index contributed by atoms with van der Waals surface area (Å²) < 4.78 is 30.9. The topological polar surface area (TPSA) is 103 Å². The van der Waals surface area contributed by atoms with Crippen LogP contribution in [0.5, 0.6) is 5.75 Å². The van der Waals surface area contributed by atoms with E-state index in [-0.39, 0.29) is 29.9 Å². The third-order valence-electron chi connectivity index (χ3n) is 4.80. The van der Waals surface area contributed by atoms with Crippen molar-refractivity contribution in [3.8, 4) is 5.75 Å². The van der Waals surface area contributed by atoms with Crippen molar-refractivity contribution >= 4 is 44.5 Å². The van der Waals surface area contributed by atoms with E-state index < -0.39 is 9.84 Å².